The molecule has 0 saturated carbocycles. The maximum Gasteiger partial charge on any atom is 0.316 e. The lowest BCUT2D eigenvalue weighted by Gasteiger charge is -2.02. The van der Waals surface area contributed by atoms with Crippen molar-refractivity contribution in [2.75, 3.05) is 0 Å². The van der Waals surface area contributed by atoms with E-state index in [0.717, 1.165) is 5.56 Å². The molecule has 1 aromatic carbocycles. The summed E-state index contributed by atoms with van der Waals surface area (Å²) in [7, 11) is 0. The lowest BCUT2D eigenvalue weighted by atomic mass is 10.2. The molecule has 0 fully saturated rings. The summed E-state index contributed by atoms with van der Waals surface area (Å²) in [5, 5.41) is 0. The zero-order chi connectivity index (χ0) is 9.64. The van der Waals surface area contributed by atoms with E-state index in [1.165, 1.54) is 12.4 Å². The molecule has 0 atom stereocenters. The van der Waals surface area contributed by atoms with E-state index in [9.17, 15) is 0 Å². The van der Waals surface area contributed by atoms with Crippen LogP contribution in [0.15, 0.2) is 42.7 Å². The van der Waals surface area contributed by atoms with Crippen LogP contribution in [-0.2, 0) is 6.61 Å². The van der Waals surface area contributed by atoms with Crippen molar-refractivity contribution in [1.82, 2.24) is 9.97 Å². The van der Waals surface area contributed by atoms with Gasteiger partial charge in [0, 0.05) is 18.5 Å². The van der Waals surface area contributed by atoms with E-state index in [0.29, 0.717) is 12.6 Å². The van der Waals surface area contributed by atoms with Gasteiger partial charge in [-0.2, -0.15) is 0 Å². The second kappa shape index (κ2) is 4.37. The number of aromatic nitrogens is 2. The largest absolute Gasteiger partial charge is 0.459 e. The normalized spacial score (nSPS) is 9.71. The summed E-state index contributed by atoms with van der Waals surface area (Å²) in [6.07, 6.45) is 3.07. The SMILES string of the molecule is [c]1cnc(OCc2ccccc2)nc1. The molecule has 69 valence electrons. The van der Waals surface area contributed by atoms with Crippen LogP contribution in [0.4, 0.5) is 0 Å². The van der Waals surface area contributed by atoms with Gasteiger partial charge in [0.1, 0.15) is 6.61 Å². The van der Waals surface area contributed by atoms with Gasteiger partial charge in [-0.05, 0) is 5.56 Å². The highest BCUT2D eigenvalue weighted by atomic mass is 16.5. The Morgan fingerprint density at radius 3 is 2.50 bits per heavy atom. The fourth-order valence-electron chi connectivity index (χ4n) is 1.05. The van der Waals surface area contributed by atoms with Gasteiger partial charge >= 0.3 is 6.01 Å². The number of benzene rings is 1. The monoisotopic (exact) mass is 185 g/mol. The second-order valence-electron chi connectivity index (χ2n) is 2.74. The third-order valence-corrected chi connectivity index (χ3v) is 1.71. The highest BCUT2D eigenvalue weighted by molar-refractivity contribution is 5.14. The molecule has 0 N–H and O–H groups in total. The summed E-state index contributed by atoms with van der Waals surface area (Å²) in [6, 6.07) is 13.0. The maximum atomic E-state index is 5.35. The number of nitrogens with zero attached hydrogens (tertiary/aromatic N) is 2. The number of hydrogen-bond acceptors (Lipinski definition) is 3. The topological polar surface area (TPSA) is 35.0 Å². The standard InChI is InChI=1S/C11H9N2O/c1-2-5-10(6-3-1)9-14-11-12-7-4-8-13-11/h1-3,5-8H,9H2. The quantitative estimate of drug-likeness (QED) is 0.732. The number of hydrogen-bond donors (Lipinski definition) is 0. The van der Waals surface area contributed by atoms with Gasteiger partial charge in [0.2, 0.25) is 0 Å². The number of ether oxygens (including phenoxy) is 1. The van der Waals surface area contributed by atoms with E-state index < -0.39 is 0 Å². The van der Waals surface area contributed by atoms with E-state index in [2.05, 4.69) is 16.0 Å². The van der Waals surface area contributed by atoms with Gasteiger partial charge in [-0.1, -0.05) is 30.3 Å². The Morgan fingerprint density at radius 2 is 1.79 bits per heavy atom. The Balaban J connectivity index is 1.96. The van der Waals surface area contributed by atoms with Gasteiger partial charge < -0.3 is 4.74 Å². The minimum Gasteiger partial charge on any atom is -0.459 e. The predicted molar refractivity (Wildman–Crippen MR) is 51.6 cm³/mol. The van der Waals surface area contributed by atoms with Gasteiger partial charge in [0.25, 0.3) is 0 Å². The molecule has 0 bridgehead atoms. The summed E-state index contributed by atoms with van der Waals surface area (Å²) >= 11 is 0. The zero-order valence-corrected chi connectivity index (χ0v) is 7.55. The first-order chi connectivity index (χ1) is 6.95. The molecule has 2 rings (SSSR count). The Labute approximate surface area is 82.4 Å². The Bertz CT molecular complexity index is 336. The van der Waals surface area contributed by atoms with Crippen LogP contribution in [0.2, 0.25) is 0 Å². The minimum absolute atomic E-state index is 0.382. The van der Waals surface area contributed by atoms with Crippen molar-refractivity contribution in [3.63, 3.8) is 0 Å². The van der Waals surface area contributed by atoms with Crippen molar-refractivity contribution in [2.24, 2.45) is 0 Å². The van der Waals surface area contributed by atoms with Gasteiger partial charge in [0.15, 0.2) is 0 Å². The van der Waals surface area contributed by atoms with Gasteiger partial charge in [-0.3, -0.25) is 0 Å². The molecule has 14 heavy (non-hydrogen) atoms. The van der Waals surface area contributed by atoms with Crippen molar-refractivity contribution in [3.8, 4) is 6.01 Å². The molecule has 3 heteroatoms. The van der Waals surface area contributed by atoms with Crippen molar-refractivity contribution >= 4 is 0 Å². The summed E-state index contributed by atoms with van der Waals surface area (Å²) in [5.41, 5.74) is 1.10. The fourth-order valence-corrected chi connectivity index (χ4v) is 1.05. The smallest absolute Gasteiger partial charge is 0.316 e. The third kappa shape index (κ3) is 2.29. The first-order valence-electron chi connectivity index (χ1n) is 4.30. The summed E-state index contributed by atoms with van der Waals surface area (Å²) < 4.78 is 5.35. The van der Waals surface area contributed by atoms with Crippen LogP contribution in [0.25, 0.3) is 0 Å². The van der Waals surface area contributed by atoms with Gasteiger partial charge in [0.05, 0.1) is 0 Å². The minimum atomic E-state index is 0.382. The fraction of sp³-hybridized carbons (Fsp3) is 0.0909. The molecule has 2 aromatic rings. The molecule has 3 nitrogen and oxygen atoms in total. The molecule has 0 aliphatic rings. The Kier molecular flexibility index (Phi) is 2.71. The van der Waals surface area contributed by atoms with Crippen LogP contribution in [0, 0.1) is 6.07 Å². The van der Waals surface area contributed by atoms with E-state index in [1.807, 2.05) is 30.3 Å². The maximum absolute atomic E-state index is 5.35. The molecule has 1 heterocycles. The van der Waals surface area contributed by atoms with E-state index in [-0.39, 0.29) is 0 Å². The molecule has 0 saturated heterocycles. The summed E-state index contributed by atoms with van der Waals surface area (Å²) in [4.78, 5) is 7.81. The summed E-state index contributed by atoms with van der Waals surface area (Å²) in [6.45, 7) is 0.491. The zero-order valence-electron chi connectivity index (χ0n) is 7.55. The average molecular weight is 185 g/mol. The first kappa shape index (κ1) is 8.69. The van der Waals surface area contributed by atoms with Gasteiger partial charge in [-0.15, -0.1) is 0 Å². The molecular formula is C11H9N2O. The van der Waals surface area contributed by atoms with Crippen molar-refractivity contribution in [2.45, 2.75) is 6.61 Å². The molecule has 0 aliphatic carbocycles. The van der Waals surface area contributed by atoms with E-state index >= 15 is 0 Å². The predicted octanol–water partition coefficient (Wildman–Crippen LogP) is 1.86. The Morgan fingerprint density at radius 1 is 1.07 bits per heavy atom. The van der Waals surface area contributed by atoms with Crippen LogP contribution in [0.1, 0.15) is 5.56 Å². The van der Waals surface area contributed by atoms with Crippen LogP contribution in [0.3, 0.4) is 0 Å². The molecule has 0 aliphatic heterocycles. The molecule has 0 unspecified atom stereocenters. The molecule has 0 spiro atoms. The van der Waals surface area contributed by atoms with Crippen molar-refractivity contribution < 1.29 is 4.74 Å². The molecular weight excluding hydrogens is 176 g/mol. The molecule has 0 amide bonds. The lowest BCUT2D eigenvalue weighted by Crippen LogP contribution is -1.98. The molecule has 1 radical (unpaired) electrons. The lowest BCUT2D eigenvalue weighted by molar-refractivity contribution is 0.280. The molecule has 1 aromatic heterocycles. The van der Waals surface area contributed by atoms with E-state index in [1.54, 1.807) is 0 Å². The highest BCUT2D eigenvalue weighted by Crippen LogP contribution is 2.04. The number of rotatable bonds is 3. The Hall–Kier alpha value is -1.90. The highest BCUT2D eigenvalue weighted by Gasteiger charge is 1.95. The second-order valence-corrected chi connectivity index (χ2v) is 2.74. The van der Waals surface area contributed by atoms with Crippen molar-refractivity contribution in [3.05, 3.63) is 54.4 Å². The summed E-state index contributed by atoms with van der Waals surface area (Å²) in [5.74, 6) is 0. The van der Waals surface area contributed by atoms with Crippen molar-refractivity contribution in [1.29, 1.82) is 0 Å². The van der Waals surface area contributed by atoms with E-state index in [4.69, 9.17) is 4.74 Å². The van der Waals surface area contributed by atoms with Crippen LogP contribution in [0.5, 0.6) is 6.01 Å². The van der Waals surface area contributed by atoms with Crippen LogP contribution in [-0.4, -0.2) is 9.97 Å². The first-order valence-corrected chi connectivity index (χ1v) is 4.30. The average Bonchev–Trinajstić information content (AvgIpc) is 2.29. The van der Waals surface area contributed by atoms with Crippen LogP contribution >= 0.6 is 0 Å². The van der Waals surface area contributed by atoms with Crippen LogP contribution < -0.4 is 4.74 Å². The third-order valence-electron chi connectivity index (χ3n) is 1.71. The van der Waals surface area contributed by atoms with Gasteiger partial charge in [-0.25, -0.2) is 9.97 Å².